The fourth-order valence-corrected chi connectivity index (χ4v) is 1.69. The van der Waals surface area contributed by atoms with Gasteiger partial charge in [-0.25, -0.2) is 4.79 Å². The second-order valence-corrected chi connectivity index (χ2v) is 4.06. The Kier molecular flexibility index (Phi) is 4.25. The number of aliphatic carboxylic acids is 1. The van der Waals surface area contributed by atoms with E-state index in [0.29, 0.717) is 5.69 Å². The second kappa shape index (κ2) is 5.48. The molecule has 1 heterocycles. The van der Waals surface area contributed by atoms with Crippen molar-refractivity contribution in [2.24, 2.45) is 0 Å². The third kappa shape index (κ3) is 2.77. The van der Waals surface area contributed by atoms with E-state index < -0.39 is 23.5 Å². The van der Waals surface area contributed by atoms with Gasteiger partial charge in [-0.15, -0.1) is 0 Å². The molecule has 1 rings (SSSR count). The van der Waals surface area contributed by atoms with E-state index in [9.17, 15) is 14.4 Å². The fraction of sp³-hybridized carbons (Fsp3) is 0.417. The van der Waals surface area contributed by atoms with Crippen molar-refractivity contribution < 1.29 is 14.7 Å². The molecule has 1 unspecified atom stereocenters. The number of H-pyrrole nitrogens is 1. The summed E-state index contributed by atoms with van der Waals surface area (Å²) in [6.07, 6.45) is 0.279. The number of nitrogens with zero attached hydrogens (tertiary/aromatic N) is 1. The van der Waals surface area contributed by atoms with Crippen molar-refractivity contribution in [3.63, 3.8) is 0 Å². The lowest BCUT2D eigenvalue weighted by molar-refractivity contribution is -0.142. The highest BCUT2D eigenvalue weighted by atomic mass is 16.4. The van der Waals surface area contributed by atoms with Crippen LogP contribution in [0.1, 0.15) is 29.4 Å². The van der Waals surface area contributed by atoms with Crippen LogP contribution in [0.5, 0.6) is 0 Å². The van der Waals surface area contributed by atoms with Gasteiger partial charge in [0, 0.05) is 12.7 Å². The van der Waals surface area contributed by atoms with Crippen LogP contribution in [-0.2, 0) is 4.79 Å². The van der Waals surface area contributed by atoms with Crippen molar-refractivity contribution in [2.75, 3.05) is 7.05 Å². The van der Waals surface area contributed by atoms with Crippen LogP contribution >= 0.6 is 0 Å². The molecule has 98 valence electrons. The van der Waals surface area contributed by atoms with E-state index in [0.717, 1.165) is 4.90 Å². The molecule has 0 fully saturated rings. The SMILES string of the molecule is CCC(C(=O)O)N(C)C(=O)c1ccc(C)[nH]c1=O. The Hall–Kier alpha value is -2.11. The predicted molar refractivity (Wildman–Crippen MR) is 65.6 cm³/mol. The van der Waals surface area contributed by atoms with Gasteiger partial charge in [0.15, 0.2) is 0 Å². The molecule has 1 aromatic heterocycles. The standard InChI is InChI=1S/C12H16N2O4/c1-4-9(12(17)18)14(3)11(16)8-6-5-7(2)13-10(8)15/h5-6,9H,4H2,1-3H3,(H,13,15)(H,17,18). The van der Waals surface area contributed by atoms with Gasteiger partial charge in [-0.05, 0) is 25.5 Å². The molecular weight excluding hydrogens is 236 g/mol. The van der Waals surface area contributed by atoms with Crippen molar-refractivity contribution >= 4 is 11.9 Å². The summed E-state index contributed by atoms with van der Waals surface area (Å²) in [6.45, 7) is 3.37. The van der Waals surface area contributed by atoms with E-state index in [-0.39, 0.29) is 12.0 Å². The number of rotatable bonds is 4. The first kappa shape index (κ1) is 14.0. The number of pyridine rings is 1. The summed E-state index contributed by atoms with van der Waals surface area (Å²) in [6, 6.07) is 2.07. The lowest BCUT2D eigenvalue weighted by Crippen LogP contribution is -2.43. The molecule has 0 bridgehead atoms. The maximum Gasteiger partial charge on any atom is 0.326 e. The lowest BCUT2D eigenvalue weighted by atomic mass is 10.1. The predicted octanol–water partition coefficient (Wildman–Crippen LogP) is 0.619. The Morgan fingerprint density at radius 3 is 2.50 bits per heavy atom. The minimum Gasteiger partial charge on any atom is -0.480 e. The maximum atomic E-state index is 12.0. The molecule has 6 nitrogen and oxygen atoms in total. The first-order valence-electron chi connectivity index (χ1n) is 5.58. The quantitative estimate of drug-likeness (QED) is 0.821. The van der Waals surface area contributed by atoms with Crippen molar-refractivity contribution in [1.82, 2.24) is 9.88 Å². The summed E-state index contributed by atoms with van der Waals surface area (Å²) in [4.78, 5) is 38.2. The number of aryl methyl sites for hydroxylation is 1. The molecule has 0 saturated heterocycles. The van der Waals surface area contributed by atoms with Crippen LogP contribution < -0.4 is 5.56 Å². The van der Waals surface area contributed by atoms with E-state index in [1.54, 1.807) is 19.9 Å². The molecule has 0 aliphatic rings. The number of hydrogen-bond acceptors (Lipinski definition) is 3. The molecule has 1 amide bonds. The molecule has 0 aliphatic carbocycles. The molecular formula is C12H16N2O4. The zero-order valence-corrected chi connectivity index (χ0v) is 10.6. The largest absolute Gasteiger partial charge is 0.480 e. The molecule has 2 N–H and O–H groups in total. The summed E-state index contributed by atoms with van der Waals surface area (Å²) in [5.41, 5.74) is 0.0828. The molecule has 1 aromatic rings. The maximum absolute atomic E-state index is 12.0. The smallest absolute Gasteiger partial charge is 0.326 e. The van der Waals surface area contributed by atoms with Gasteiger partial charge in [0.05, 0.1) is 0 Å². The van der Waals surface area contributed by atoms with Crippen molar-refractivity contribution in [3.8, 4) is 0 Å². The van der Waals surface area contributed by atoms with Crippen molar-refractivity contribution in [2.45, 2.75) is 26.3 Å². The number of carboxylic acids is 1. The van der Waals surface area contributed by atoms with Crippen molar-refractivity contribution in [3.05, 3.63) is 33.7 Å². The summed E-state index contributed by atoms with van der Waals surface area (Å²) >= 11 is 0. The van der Waals surface area contributed by atoms with Gasteiger partial charge in [0.2, 0.25) is 0 Å². The lowest BCUT2D eigenvalue weighted by Gasteiger charge is -2.23. The van der Waals surface area contributed by atoms with E-state index in [4.69, 9.17) is 5.11 Å². The summed E-state index contributed by atoms with van der Waals surface area (Å²) in [5.74, 6) is -1.68. The van der Waals surface area contributed by atoms with E-state index >= 15 is 0 Å². The first-order chi connectivity index (χ1) is 8.38. The van der Waals surface area contributed by atoms with Crippen LogP contribution in [-0.4, -0.2) is 40.0 Å². The molecule has 0 aromatic carbocycles. The highest BCUT2D eigenvalue weighted by molar-refractivity contribution is 5.96. The Morgan fingerprint density at radius 1 is 1.44 bits per heavy atom. The van der Waals surface area contributed by atoms with Gasteiger partial charge < -0.3 is 15.0 Å². The number of amides is 1. The number of carboxylic acid groups (broad SMARTS) is 1. The number of aromatic nitrogens is 1. The van der Waals surface area contributed by atoms with Crippen molar-refractivity contribution in [1.29, 1.82) is 0 Å². The Bertz CT molecular complexity index is 521. The minimum absolute atomic E-state index is 0.0530. The van der Waals surface area contributed by atoms with Gasteiger partial charge in [0.1, 0.15) is 11.6 Å². The Balaban J connectivity index is 3.07. The summed E-state index contributed by atoms with van der Waals surface area (Å²) in [5, 5.41) is 8.97. The Labute approximate surface area is 104 Å². The fourth-order valence-electron chi connectivity index (χ4n) is 1.69. The summed E-state index contributed by atoms with van der Waals surface area (Å²) < 4.78 is 0. The molecule has 0 saturated carbocycles. The van der Waals surface area contributed by atoms with Crippen LogP contribution in [0.3, 0.4) is 0 Å². The van der Waals surface area contributed by atoms with Gasteiger partial charge in [-0.2, -0.15) is 0 Å². The number of aromatic amines is 1. The number of carbonyl (C=O) groups is 2. The first-order valence-corrected chi connectivity index (χ1v) is 5.58. The average Bonchev–Trinajstić information content (AvgIpc) is 2.28. The molecule has 6 heteroatoms. The third-order valence-corrected chi connectivity index (χ3v) is 2.75. The van der Waals surface area contributed by atoms with Gasteiger partial charge in [0.25, 0.3) is 11.5 Å². The topological polar surface area (TPSA) is 90.5 Å². The van der Waals surface area contributed by atoms with Crippen LogP contribution in [0.2, 0.25) is 0 Å². The number of likely N-dealkylation sites (N-methyl/N-ethyl adjacent to an activating group) is 1. The average molecular weight is 252 g/mol. The van der Waals surface area contributed by atoms with E-state index in [2.05, 4.69) is 4.98 Å². The zero-order valence-electron chi connectivity index (χ0n) is 10.6. The molecule has 18 heavy (non-hydrogen) atoms. The number of carbonyl (C=O) groups excluding carboxylic acids is 1. The van der Waals surface area contributed by atoms with E-state index in [1.165, 1.54) is 13.1 Å². The third-order valence-electron chi connectivity index (χ3n) is 2.75. The van der Waals surface area contributed by atoms with Crippen LogP contribution in [0.4, 0.5) is 0 Å². The second-order valence-electron chi connectivity index (χ2n) is 4.06. The monoisotopic (exact) mass is 252 g/mol. The summed E-state index contributed by atoms with van der Waals surface area (Å²) in [7, 11) is 1.38. The molecule has 0 radical (unpaired) electrons. The minimum atomic E-state index is -1.09. The Morgan fingerprint density at radius 2 is 2.06 bits per heavy atom. The van der Waals surface area contributed by atoms with Crippen LogP contribution in [0, 0.1) is 6.92 Å². The molecule has 0 aliphatic heterocycles. The normalized spacial score (nSPS) is 11.9. The highest BCUT2D eigenvalue weighted by Crippen LogP contribution is 2.06. The molecule has 0 spiro atoms. The van der Waals surface area contributed by atoms with Gasteiger partial charge in [-0.1, -0.05) is 6.92 Å². The van der Waals surface area contributed by atoms with Crippen LogP contribution in [0.15, 0.2) is 16.9 Å². The zero-order chi connectivity index (χ0) is 13.9. The highest BCUT2D eigenvalue weighted by Gasteiger charge is 2.26. The number of nitrogens with one attached hydrogen (secondary N) is 1. The van der Waals surface area contributed by atoms with Crippen LogP contribution in [0.25, 0.3) is 0 Å². The molecule has 1 atom stereocenters. The number of hydrogen-bond donors (Lipinski definition) is 2. The van der Waals surface area contributed by atoms with Gasteiger partial charge >= 0.3 is 5.97 Å². The van der Waals surface area contributed by atoms with E-state index in [1.807, 2.05) is 0 Å². The van der Waals surface area contributed by atoms with Gasteiger partial charge in [-0.3, -0.25) is 9.59 Å².